The molecule has 6 heteroatoms. The molecule has 3 heterocycles. The second-order valence-corrected chi connectivity index (χ2v) is 9.30. The summed E-state index contributed by atoms with van der Waals surface area (Å²) >= 11 is 0. The van der Waals surface area contributed by atoms with Gasteiger partial charge in [0.05, 0.1) is 19.9 Å². The van der Waals surface area contributed by atoms with Crippen LogP contribution in [0.1, 0.15) is 29.9 Å². The molecule has 0 aromatic heterocycles. The lowest BCUT2D eigenvalue weighted by molar-refractivity contribution is 0.0185. The topological polar surface area (TPSA) is 24.9 Å². The Morgan fingerprint density at radius 2 is 1.46 bits per heavy atom. The summed E-state index contributed by atoms with van der Waals surface area (Å²) in [5, 5.41) is 0. The number of para-hydroxylation sites is 2. The third-order valence-corrected chi connectivity index (χ3v) is 7.69. The average molecular weight is 516 g/mol. The van der Waals surface area contributed by atoms with Crippen molar-refractivity contribution in [1.29, 1.82) is 0 Å². The third-order valence-electron chi connectivity index (χ3n) is 7.69. The Morgan fingerprint density at radius 3 is 2.14 bits per heavy atom. The maximum absolute atomic E-state index is 5.76. The first-order valence-corrected chi connectivity index (χ1v) is 12.0. The van der Waals surface area contributed by atoms with Gasteiger partial charge in [-0.15, -0.1) is 24.8 Å². The van der Waals surface area contributed by atoms with E-state index in [9.17, 15) is 0 Å². The van der Waals surface area contributed by atoms with Crippen LogP contribution in [0.25, 0.3) is 0 Å². The van der Waals surface area contributed by atoms with Crippen molar-refractivity contribution in [2.24, 2.45) is 5.92 Å². The molecule has 6 rings (SSSR count). The Hall–Kier alpha value is -2.40. The molecule has 0 unspecified atom stereocenters. The Kier molecular flexibility index (Phi) is 9.34. The highest BCUT2D eigenvalue weighted by Crippen LogP contribution is 2.46. The van der Waals surface area contributed by atoms with Crippen molar-refractivity contribution >= 4 is 30.5 Å². The number of hydrogen-bond acceptors (Lipinski definition) is 4. The van der Waals surface area contributed by atoms with Crippen molar-refractivity contribution in [3.05, 3.63) is 90.0 Å². The molecule has 0 amide bonds. The largest absolute Gasteiger partial charge is 0.497 e. The summed E-state index contributed by atoms with van der Waals surface area (Å²) in [6, 6.07) is 28.8. The second kappa shape index (κ2) is 12.0. The van der Waals surface area contributed by atoms with Gasteiger partial charge in [-0.3, -0.25) is 4.90 Å². The zero-order valence-corrected chi connectivity index (χ0v) is 22.3. The molecule has 35 heavy (non-hydrogen) atoms. The number of anilines is 1. The highest BCUT2D eigenvalue weighted by Gasteiger charge is 2.48. The number of methoxy groups -OCH3 is 2. The van der Waals surface area contributed by atoms with Crippen LogP contribution in [0.15, 0.2) is 78.9 Å². The van der Waals surface area contributed by atoms with Gasteiger partial charge in [0.25, 0.3) is 0 Å². The molecule has 3 atom stereocenters. The SMILES string of the molecule is COc1cccc([C@H](c2ccccc2)[C@@H]2[C@H](N(C)c3ccccc3OC)C3CCN2CC3)c1.Cl.Cl. The van der Waals surface area contributed by atoms with Gasteiger partial charge < -0.3 is 14.4 Å². The van der Waals surface area contributed by atoms with Gasteiger partial charge in [-0.25, -0.2) is 0 Å². The number of hydrogen-bond donors (Lipinski definition) is 0. The van der Waals surface area contributed by atoms with Crippen LogP contribution in [0.2, 0.25) is 0 Å². The van der Waals surface area contributed by atoms with Crippen molar-refractivity contribution in [1.82, 2.24) is 4.90 Å². The first-order chi connectivity index (χ1) is 16.2. The molecule has 0 aliphatic carbocycles. The smallest absolute Gasteiger partial charge is 0.142 e. The molecule has 0 N–H and O–H groups in total. The summed E-state index contributed by atoms with van der Waals surface area (Å²) in [5.74, 6) is 2.77. The molecule has 0 spiro atoms. The number of piperidine rings is 3. The molecule has 4 nitrogen and oxygen atoms in total. The molecule has 3 aliphatic heterocycles. The Labute approximate surface area is 222 Å². The van der Waals surface area contributed by atoms with Gasteiger partial charge in [0.2, 0.25) is 0 Å². The Morgan fingerprint density at radius 1 is 0.800 bits per heavy atom. The van der Waals surface area contributed by atoms with Gasteiger partial charge in [0.1, 0.15) is 11.5 Å². The lowest BCUT2D eigenvalue weighted by Crippen LogP contribution is -2.65. The number of benzene rings is 3. The predicted octanol–water partition coefficient (Wildman–Crippen LogP) is 6.28. The predicted molar refractivity (Wildman–Crippen MR) is 149 cm³/mol. The van der Waals surface area contributed by atoms with Crippen LogP contribution in [-0.4, -0.2) is 51.3 Å². The van der Waals surface area contributed by atoms with E-state index >= 15 is 0 Å². The molecule has 3 aromatic rings. The van der Waals surface area contributed by atoms with Crippen LogP contribution in [0.5, 0.6) is 11.5 Å². The standard InChI is InChI=1S/C29H34N2O2.2ClH/c1-30(25-14-7-8-15-26(25)33-3)28-22-16-18-31(19-17-22)29(28)27(21-10-5-4-6-11-21)23-12-9-13-24(20-23)32-2;;/h4-15,20,22,27-29H,16-19H2,1-3H3;2*1H/t27-,28+,29+;;/m0../s1. The van der Waals surface area contributed by atoms with Crippen molar-refractivity contribution in [3.8, 4) is 11.5 Å². The van der Waals surface area contributed by atoms with Gasteiger partial charge in [0.15, 0.2) is 0 Å². The summed E-state index contributed by atoms with van der Waals surface area (Å²) in [5.41, 5.74) is 3.85. The van der Waals surface area contributed by atoms with E-state index in [1.54, 1.807) is 14.2 Å². The number of rotatable bonds is 7. The van der Waals surface area contributed by atoms with Gasteiger partial charge in [-0.2, -0.15) is 0 Å². The van der Waals surface area contributed by atoms with Crippen molar-refractivity contribution in [2.45, 2.75) is 30.8 Å². The first-order valence-electron chi connectivity index (χ1n) is 12.0. The van der Waals surface area contributed by atoms with Crippen LogP contribution in [0.3, 0.4) is 0 Å². The number of halogens is 2. The Balaban J connectivity index is 0.00000171. The molecule has 3 fully saturated rings. The average Bonchev–Trinajstić information content (AvgIpc) is 2.90. The van der Waals surface area contributed by atoms with E-state index in [2.05, 4.69) is 83.6 Å². The fraction of sp³-hybridized carbons (Fsp3) is 0.379. The van der Waals surface area contributed by atoms with E-state index in [0.717, 1.165) is 11.5 Å². The van der Waals surface area contributed by atoms with E-state index in [0.29, 0.717) is 18.0 Å². The molecule has 3 aromatic carbocycles. The lowest BCUT2D eigenvalue weighted by Gasteiger charge is -2.56. The van der Waals surface area contributed by atoms with Crippen molar-refractivity contribution < 1.29 is 9.47 Å². The molecule has 3 saturated heterocycles. The van der Waals surface area contributed by atoms with E-state index in [1.807, 2.05) is 12.1 Å². The summed E-state index contributed by atoms with van der Waals surface area (Å²) in [6.45, 7) is 2.33. The van der Waals surface area contributed by atoms with Crippen LogP contribution in [-0.2, 0) is 0 Å². The molecule has 3 aliphatic rings. The maximum Gasteiger partial charge on any atom is 0.142 e. The van der Waals surface area contributed by atoms with Crippen LogP contribution < -0.4 is 14.4 Å². The third kappa shape index (κ3) is 5.25. The molecule has 0 radical (unpaired) electrons. The summed E-state index contributed by atoms with van der Waals surface area (Å²) in [6.07, 6.45) is 2.50. The maximum atomic E-state index is 5.76. The number of nitrogens with zero attached hydrogens (tertiary/aromatic N) is 2. The highest BCUT2D eigenvalue weighted by atomic mass is 35.5. The second-order valence-electron chi connectivity index (χ2n) is 9.30. The van der Waals surface area contributed by atoms with Crippen LogP contribution >= 0.6 is 24.8 Å². The number of fused-ring (bicyclic) bond motifs is 3. The molecular weight excluding hydrogens is 479 g/mol. The van der Waals surface area contributed by atoms with Gasteiger partial charge in [0, 0.05) is 25.0 Å². The normalized spacial score (nSPS) is 23.4. The number of likely N-dealkylation sites (N-methyl/N-ethyl adjacent to an activating group) is 1. The van der Waals surface area contributed by atoms with Crippen LogP contribution in [0, 0.1) is 5.92 Å². The minimum Gasteiger partial charge on any atom is -0.497 e. The fourth-order valence-electron chi connectivity index (χ4n) is 6.17. The zero-order chi connectivity index (χ0) is 22.8. The zero-order valence-electron chi connectivity index (χ0n) is 20.7. The Bertz CT molecular complexity index is 1070. The molecule has 2 bridgehead atoms. The quantitative estimate of drug-likeness (QED) is 0.370. The minimum atomic E-state index is 0. The van der Waals surface area contributed by atoms with Crippen LogP contribution in [0.4, 0.5) is 5.69 Å². The monoisotopic (exact) mass is 514 g/mol. The van der Waals surface area contributed by atoms with E-state index in [4.69, 9.17) is 9.47 Å². The van der Waals surface area contributed by atoms with Gasteiger partial charge >= 0.3 is 0 Å². The van der Waals surface area contributed by atoms with E-state index in [1.165, 1.54) is 42.7 Å². The van der Waals surface area contributed by atoms with Crippen molar-refractivity contribution in [2.75, 3.05) is 39.3 Å². The molecule has 188 valence electrons. The van der Waals surface area contributed by atoms with Gasteiger partial charge in [-0.1, -0.05) is 54.6 Å². The fourth-order valence-corrected chi connectivity index (χ4v) is 6.17. The lowest BCUT2D eigenvalue weighted by atomic mass is 9.70. The highest BCUT2D eigenvalue weighted by molar-refractivity contribution is 5.85. The summed E-state index contributed by atoms with van der Waals surface area (Å²) < 4.78 is 11.4. The van der Waals surface area contributed by atoms with Gasteiger partial charge in [-0.05, 0) is 67.2 Å². The van der Waals surface area contributed by atoms with E-state index in [-0.39, 0.29) is 30.7 Å². The minimum absolute atomic E-state index is 0. The molecule has 0 saturated carbocycles. The summed E-state index contributed by atoms with van der Waals surface area (Å²) in [7, 11) is 5.77. The number of ether oxygens (including phenoxy) is 2. The summed E-state index contributed by atoms with van der Waals surface area (Å²) in [4.78, 5) is 5.23. The first kappa shape index (κ1) is 27.2. The van der Waals surface area contributed by atoms with Crippen molar-refractivity contribution in [3.63, 3.8) is 0 Å². The molecular formula is C29H36Cl2N2O2. The van der Waals surface area contributed by atoms with E-state index < -0.39 is 0 Å².